The summed E-state index contributed by atoms with van der Waals surface area (Å²) in [6, 6.07) is 0.484. The van der Waals surface area contributed by atoms with Gasteiger partial charge >= 0.3 is 0 Å². The van der Waals surface area contributed by atoms with Crippen molar-refractivity contribution in [2.24, 2.45) is 16.8 Å². The predicted octanol–water partition coefficient (Wildman–Crippen LogP) is 0.457. The Bertz CT molecular complexity index is 286. The Kier molecular flexibility index (Phi) is 3.94. The third kappa shape index (κ3) is 3.47. The maximum absolute atomic E-state index is 6.00. The zero-order valence-corrected chi connectivity index (χ0v) is 10.4. The lowest BCUT2D eigenvalue weighted by Crippen LogP contribution is -2.49. The molecule has 0 aromatic heterocycles. The standard InChI is InChI=1S/C9H21N3S2/c1-6-4-9(13)8(5-7(6)10)12-14(2,3)11/h6-9,12-13H,2-5,10-11H2,1H3. The quantitative estimate of drug-likeness (QED) is 0.415. The van der Waals surface area contributed by atoms with Crippen LogP contribution in [0.15, 0.2) is 0 Å². The van der Waals surface area contributed by atoms with Crippen molar-refractivity contribution in [1.29, 1.82) is 0 Å². The Balaban J connectivity index is 2.62. The van der Waals surface area contributed by atoms with Crippen molar-refractivity contribution in [3.63, 3.8) is 0 Å². The van der Waals surface area contributed by atoms with Crippen LogP contribution in [0.2, 0.25) is 0 Å². The molecule has 5 N–H and O–H groups in total. The second kappa shape index (κ2) is 4.45. The Morgan fingerprint density at radius 1 is 1.43 bits per heavy atom. The lowest BCUT2D eigenvalue weighted by atomic mass is 9.83. The minimum atomic E-state index is -1.65. The first-order chi connectivity index (χ1) is 6.29. The fraction of sp³-hybridized carbons (Fsp3) is 0.778. The van der Waals surface area contributed by atoms with E-state index in [9.17, 15) is 0 Å². The molecule has 4 atom stereocenters. The van der Waals surface area contributed by atoms with Gasteiger partial charge in [-0.3, -0.25) is 9.86 Å². The Morgan fingerprint density at radius 3 is 2.50 bits per heavy atom. The highest BCUT2D eigenvalue weighted by Gasteiger charge is 2.31. The van der Waals surface area contributed by atoms with Crippen LogP contribution in [-0.4, -0.2) is 29.1 Å². The fourth-order valence-electron chi connectivity index (χ4n) is 1.83. The van der Waals surface area contributed by atoms with Crippen molar-refractivity contribution >= 4 is 33.9 Å². The van der Waals surface area contributed by atoms with E-state index in [0.717, 1.165) is 12.8 Å². The summed E-state index contributed by atoms with van der Waals surface area (Å²) >= 11 is 4.55. The maximum atomic E-state index is 6.00. The van der Waals surface area contributed by atoms with Gasteiger partial charge < -0.3 is 5.73 Å². The van der Waals surface area contributed by atoms with Crippen LogP contribution < -0.4 is 15.6 Å². The van der Waals surface area contributed by atoms with Crippen LogP contribution in [-0.2, 0) is 0 Å². The maximum Gasteiger partial charge on any atom is 0.0304 e. The van der Waals surface area contributed by atoms with Crippen molar-refractivity contribution in [1.82, 2.24) is 4.72 Å². The molecule has 84 valence electrons. The number of nitrogens with two attached hydrogens (primary N) is 2. The Labute approximate surface area is 92.8 Å². The summed E-state index contributed by atoms with van der Waals surface area (Å²) in [5.74, 6) is 8.15. The number of thiol groups is 1. The summed E-state index contributed by atoms with van der Waals surface area (Å²) < 4.78 is 3.24. The molecule has 0 aliphatic heterocycles. The highest BCUT2D eigenvalue weighted by Crippen LogP contribution is 2.28. The summed E-state index contributed by atoms with van der Waals surface area (Å²) in [6.07, 6.45) is 1.93. The van der Waals surface area contributed by atoms with Gasteiger partial charge in [0.05, 0.1) is 0 Å². The number of hydrogen-bond acceptors (Lipinski definition) is 4. The van der Waals surface area contributed by atoms with E-state index >= 15 is 0 Å². The van der Waals surface area contributed by atoms with E-state index in [1.165, 1.54) is 0 Å². The van der Waals surface area contributed by atoms with Crippen molar-refractivity contribution in [3.8, 4) is 0 Å². The van der Waals surface area contributed by atoms with Gasteiger partial charge in [0, 0.05) is 17.3 Å². The molecule has 0 radical (unpaired) electrons. The molecule has 0 amide bonds. The lowest BCUT2D eigenvalue weighted by Gasteiger charge is -2.37. The average molecular weight is 235 g/mol. The predicted molar refractivity (Wildman–Crippen MR) is 72.1 cm³/mol. The van der Waals surface area contributed by atoms with Crippen molar-refractivity contribution in [2.75, 3.05) is 0 Å². The molecule has 0 saturated heterocycles. The normalized spacial score (nSPS) is 39.7. The molecule has 1 saturated carbocycles. The zero-order chi connectivity index (χ0) is 10.9. The fourth-order valence-corrected chi connectivity index (χ4v) is 3.32. The Morgan fingerprint density at radius 2 is 2.00 bits per heavy atom. The number of hydrogen-bond donors (Lipinski definition) is 4. The van der Waals surface area contributed by atoms with Gasteiger partial charge in [-0.25, -0.2) is 0 Å². The third-order valence-electron chi connectivity index (χ3n) is 2.72. The first-order valence-electron chi connectivity index (χ1n) is 4.77. The second-order valence-electron chi connectivity index (χ2n) is 4.35. The SMILES string of the molecule is C=S(=C)(N)NC1CC(N)C(C)CC1S. The zero-order valence-electron chi connectivity index (χ0n) is 8.65. The summed E-state index contributed by atoms with van der Waals surface area (Å²) in [7, 11) is -1.65. The van der Waals surface area contributed by atoms with Crippen molar-refractivity contribution in [3.05, 3.63) is 0 Å². The molecule has 4 unspecified atom stereocenters. The second-order valence-corrected chi connectivity index (χ2v) is 7.14. The minimum Gasteiger partial charge on any atom is -0.327 e. The highest BCUT2D eigenvalue weighted by molar-refractivity contribution is 8.24. The largest absolute Gasteiger partial charge is 0.327 e. The molecule has 0 heterocycles. The van der Waals surface area contributed by atoms with E-state index in [0.29, 0.717) is 11.2 Å². The summed E-state index contributed by atoms with van der Waals surface area (Å²) in [6.45, 7) is 2.17. The smallest absolute Gasteiger partial charge is 0.0304 e. The first kappa shape index (κ1) is 12.4. The monoisotopic (exact) mass is 235 g/mol. The van der Waals surface area contributed by atoms with Crippen LogP contribution in [0.4, 0.5) is 0 Å². The van der Waals surface area contributed by atoms with E-state index < -0.39 is 9.58 Å². The number of rotatable bonds is 2. The van der Waals surface area contributed by atoms with E-state index in [-0.39, 0.29) is 12.1 Å². The van der Waals surface area contributed by atoms with Crippen molar-refractivity contribution < 1.29 is 0 Å². The molecule has 5 heteroatoms. The van der Waals surface area contributed by atoms with Gasteiger partial charge in [0.1, 0.15) is 0 Å². The lowest BCUT2D eigenvalue weighted by molar-refractivity contribution is 0.301. The van der Waals surface area contributed by atoms with Crippen LogP contribution in [0, 0.1) is 5.92 Å². The molecule has 1 aliphatic rings. The first-order valence-corrected chi connectivity index (χ1v) is 7.33. The molecule has 0 aromatic rings. The molecule has 1 rings (SSSR count). The van der Waals surface area contributed by atoms with Crippen LogP contribution >= 0.6 is 22.2 Å². The summed E-state index contributed by atoms with van der Waals surface area (Å²) in [4.78, 5) is 0. The Hall–Kier alpha value is 0.320. The van der Waals surface area contributed by atoms with E-state index in [1.807, 2.05) is 0 Å². The molecule has 3 nitrogen and oxygen atoms in total. The van der Waals surface area contributed by atoms with E-state index in [2.05, 4.69) is 36.0 Å². The molecule has 1 fully saturated rings. The molecule has 0 bridgehead atoms. The molecule has 0 spiro atoms. The van der Waals surface area contributed by atoms with Crippen molar-refractivity contribution in [2.45, 2.75) is 37.1 Å². The molecular weight excluding hydrogens is 214 g/mol. The minimum absolute atomic E-state index is 0.234. The van der Waals surface area contributed by atoms with Gasteiger partial charge in [-0.1, -0.05) is 18.7 Å². The van der Waals surface area contributed by atoms with Crippen LogP contribution in [0.5, 0.6) is 0 Å². The molecule has 0 aromatic carbocycles. The van der Waals surface area contributed by atoms with Crippen LogP contribution in [0.25, 0.3) is 0 Å². The van der Waals surface area contributed by atoms with Gasteiger partial charge in [-0.05, 0) is 18.8 Å². The third-order valence-corrected chi connectivity index (χ3v) is 4.06. The molecule has 14 heavy (non-hydrogen) atoms. The average Bonchev–Trinajstić information content (AvgIpc) is 1.97. The van der Waals surface area contributed by atoms with Gasteiger partial charge in [0.15, 0.2) is 0 Å². The summed E-state index contributed by atoms with van der Waals surface area (Å²) in [5.41, 5.74) is 6.00. The van der Waals surface area contributed by atoms with Gasteiger partial charge in [-0.2, -0.15) is 12.6 Å². The van der Waals surface area contributed by atoms with Crippen LogP contribution in [0.3, 0.4) is 0 Å². The summed E-state index contributed by atoms with van der Waals surface area (Å²) in [5, 5.41) is 6.09. The molecule has 1 aliphatic carbocycles. The van der Waals surface area contributed by atoms with Gasteiger partial charge in [0.2, 0.25) is 0 Å². The highest BCUT2D eigenvalue weighted by atomic mass is 32.2. The topological polar surface area (TPSA) is 64.1 Å². The van der Waals surface area contributed by atoms with Gasteiger partial charge in [0.25, 0.3) is 0 Å². The molecular formula is C9H21N3S2. The van der Waals surface area contributed by atoms with E-state index in [4.69, 9.17) is 10.9 Å². The van der Waals surface area contributed by atoms with Crippen LogP contribution in [0.1, 0.15) is 19.8 Å². The van der Waals surface area contributed by atoms with E-state index in [1.54, 1.807) is 0 Å². The van der Waals surface area contributed by atoms with Gasteiger partial charge in [-0.15, -0.1) is 9.58 Å². The number of nitrogens with one attached hydrogen (secondary N) is 1.